The topological polar surface area (TPSA) is 121 Å². The van der Waals surface area contributed by atoms with E-state index in [1.807, 2.05) is 90.9 Å². The van der Waals surface area contributed by atoms with Crippen molar-refractivity contribution >= 4 is 17.5 Å². The average molecular weight is 710 g/mol. The van der Waals surface area contributed by atoms with Gasteiger partial charge in [-0.3, -0.25) is 14.4 Å². The summed E-state index contributed by atoms with van der Waals surface area (Å²) in [5.74, 6) is 1.43. The first-order chi connectivity index (χ1) is 23.9. The summed E-state index contributed by atoms with van der Waals surface area (Å²) in [6.07, 6.45) is -3.03. The number of esters is 1. The highest BCUT2D eigenvalue weighted by molar-refractivity contribution is 6.00. The van der Waals surface area contributed by atoms with Crippen LogP contribution in [0.25, 0.3) is 0 Å². The fourth-order valence-corrected chi connectivity index (χ4v) is 8.51. The van der Waals surface area contributed by atoms with E-state index in [1.54, 1.807) is 13.8 Å². The summed E-state index contributed by atoms with van der Waals surface area (Å²) in [5.41, 5.74) is -0.747. The summed E-state index contributed by atoms with van der Waals surface area (Å²) in [5, 5.41) is 11.5. The van der Waals surface area contributed by atoms with Gasteiger partial charge >= 0.3 is 5.97 Å². The summed E-state index contributed by atoms with van der Waals surface area (Å²) in [4.78, 5) is 44.5. The fraction of sp³-hybridized carbons (Fsp3) is 0.683. The molecule has 3 fully saturated rings. The van der Waals surface area contributed by atoms with E-state index in [0.717, 1.165) is 11.1 Å². The molecule has 3 heterocycles. The number of hydrogen-bond acceptors (Lipinski definition) is 10. The highest BCUT2D eigenvalue weighted by Crippen LogP contribution is 2.46. The second-order valence-corrected chi connectivity index (χ2v) is 15.5. The van der Waals surface area contributed by atoms with Crippen molar-refractivity contribution in [3.8, 4) is 11.8 Å². The lowest BCUT2D eigenvalue weighted by Gasteiger charge is -2.47. The fourth-order valence-electron chi connectivity index (χ4n) is 8.51. The molecular formula is C41H59NO9. The monoisotopic (exact) mass is 709 g/mol. The van der Waals surface area contributed by atoms with E-state index in [2.05, 4.69) is 18.4 Å². The molecular weight excluding hydrogens is 650 g/mol. The van der Waals surface area contributed by atoms with Gasteiger partial charge in [-0.15, -0.1) is 0 Å². The van der Waals surface area contributed by atoms with E-state index < -0.39 is 77.1 Å². The molecule has 3 saturated heterocycles. The molecule has 0 radical (unpaired) electrons. The van der Waals surface area contributed by atoms with E-state index >= 15 is 0 Å². The molecule has 4 rings (SSSR count). The standard InChI is InChI=1S/C41H59NO9/c1-12-32-41(9)33(25(3)23-48-41)27(5)34(43)24(2)22-40(8,47-20-16-19-30-17-14-13-15-18-30)37(28(6)35(44)29(7)38(46)50-32)51-39-36(45)31(42(10)11)21-26(4)49-39/h13-15,17-18,24,26-29,31-33,36-37,39,45H,3,12,20-23H2,1-2,4-11H3/t24?,26-,27?,28+,29?,31+,32-,33+,36-,37-,39+,40-,41-/m1/s1. The van der Waals surface area contributed by atoms with Crippen LogP contribution < -0.4 is 0 Å². The number of nitrogens with zero attached hydrogens (tertiary/aromatic N) is 1. The summed E-state index contributed by atoms with van der Waals surface area (Å²) in [6.45, 7) is 18.9. The Hall–Kier alpha value is -2.91. The Labute approximate surface area is 304 Å². The number of aliphatic hydroxyl groups is 1. The third-order valence-corrected chi connectivity index (χ3v) is 11.4. The van der Waals surface area contributed by atoms with Crippen molar-refractivity contribution in [3.63, 3.8) is 0 Å². The first kappa shape index (κ1) is 40.9. The Balaban J connectivity index is 1.82. The zero-order valence-corrected chi connectivity index (χ0v) is 32.1. The second-order valence-electron chi connectivity index (χ2n) is 15.5. The van der Waals surface area contributed by atoms with Crippen LogP contribution in [0.2, 0.25) is 0 Å². The second kappa shape index (κ2) is 16.8. The molecule has 0 aliphatic carbocycles. The van der Waals surface area contributed by atoms with Crippen LogP contribution in [-0.2, 0) is 38.1 Å². The van der Waals surface area contributed by atoms with E-state index in [9.17, 15) is 19.5 Å². The van der Waals surface area contributed by atoms with Crippen LogP contribution in [0.5, 0.6) is 0 Å². The van der Waals surface area contributed by atoms with Crippen molar-refractivity contribution in [2.75, 3.05) is 27.3 Å². The molecule has 0 spiro atoms. The Morgan fingerprint density at radius 1 is 1.02 bits per heavy atom. The highest BCUT2D eigenvalue weighted by atomic mass is 16.7. The van der Waals surface area contributed by atoms with Crippen LogP contribution in [0.3, 0.4) is 0 Å². The van der Waals surface area contributed by atoms with Gasteiger partial charge < -0.3 is 33.7 Å². The van der Waals surface area contributed by atoms with Crippen molar-refractivity contribution in [3.05, 3.63) is 48.0 Å². The van der Waals surface area contributed by atoms with Crippen LogP contribution >= 0.6 is 0 Å². The molecule has 1 aromatic carbocycles. The number of rotatable bonds is 6. The van der Waals surface area contributed by atoms with Gasteiger partial charge in [-0.25, -0.2) is 0 Å². The molecule has 13 atom stereocenters. The molecule has 3 aliphatic rings. The molecule has 282 valence electrons. The van der Waals surface area contributed by atoms with Crippen LogP contribution in [0.15, 0.2) is 42.5 Å². The predicted octanol–water partition coefficient (Wildman–Crippen LogP) is 4.99. The summed E-state index contributed by atoms with van der Waals surface area (Å²) in [7, 11) is 3.77. The number of likely N-dealkylation sites (N-methyl/N-ethyl adjacent to an activating group) is 1. The molecule has 3 unspecified atom stereocenters. The quantitative estimate of drug-likeness (QED) is 0.187. The smallest absolute Gasteiger partial charge is 0.316 e. The molecule has 1 N–H and O–H groups in total. The zero-order valence-electron chi connectivity index (χ0n) is 32.1. The Bertz CT molecular complexity index is 1470. The zero-order chi connectivity index (χ0) is 37.8. The van der Waals surface area contributed by atoms with Crippen LogP contribution in [-0.4, -0.2) is 103 Å². The molecule has 10 nitrogen and oxygen atoms in total. The maximum Gasteiger partial charge on any atom is 0.316 e. The molecule has 0 aromatic heterocycles. The van der Waals surface area contributed by atoms with Crippen LogP contribution in [0, 0.1) is 41.4 Å². The third-order valence-electron chi connectivity index (χ3n) is 11.4. The van der Waals surface area contributed by atoms with Gasteiger partial charge in [0.2, 0.25) is 0 Å². The number of ether oxygens (including phenoxy) is 5. The molecule has 3 aliphatic heterocycles. The van der Waals surface area contributed by atoms with E-state index in [4.69, 9.17) is 23.7 Å². The number of fused-ring (bicyclic) bond motifs is 1. The number of benzene rings is 1. The van der Waals surface area contributed by atoms with Crippen LogP contribution in [0.1, 0.15) is 80.2 Å². The van der Waals surface area contributed by atoms with Gasteiger partial charge in [0, 0.05) is 35.3 Å². The molecule has 0 saturated carbocycles. The Morgan fingerprint density at radius 2 is 1.69 bits per heavy atom. The van der Waals surface area contributed by atoms with Gasteiger partial charge in [0.15, 0.2) is 12.1 Å². The number of aliphatic hydroxyl groups excluding tert-OH is 1. The SMILES string of the molecule is C=C1CO[C@]2(C)[C@@H](CC)OC(=O)C(C)C(=O)[C@H](C)[C@@H](O[C@@H]3O[C@H](C)C[C@H](N(C)C)[C@H]3O)[C@](C)(OCC#Cc3ccccc3)CC(C)C(=O)C(C)[C@H]12. The van der Waals surface area contributed by atoms with Gasteiger partial charge in [-0.05, 0) is 78.8 Å². The van der Waals surface area contributed by atoms with Crippen molar-refractivity contribution < 1.29 is 43.2 Å². The highest BCUT2D eigenvalue weighted by Gasteiger charge is 2.55. The number of carbonyl (C=O) groups excluding carboxylic acids is 3. The van der Waals surface area contributed by atoms with E-state index in [-0.39, 0.29) is 37.6 Å². The maximum atomic E-state index is 14.4. The van der Waals surface area contributed by atoms with Crippen molar-refractivity contribution in [2.45, 2.75) is 123 Å². The average Bonchev–Trinajstić information content (AvgIpc) is 3.41. The lowest BCUT2D eigenvalue weighted by molar-refractivity contribution is -0.296. The largest absolute Gasteiger partial charge is 0.459 e. The molecule has 51 heavy (non-hydrogen) atoms. The van der Waals surface area contributed by atoms with Crippen molar-refractivity contribution in [2.24, 2.45) is 29.6 Å². The number of carbonyl (C=O) groups is 3. The minimum Gasteiger partial charge on any atom is -0.459 e. The Morgan fingerprint density at radius 3 is 2.31 bits per heavy atom. The summed E-state index contributed by atoms with van der Waals surface area (Å²) >= 11 is 0. The van der Waals surface area contributed by atoms with Gasteiger partial charge in [0.05, 0.1) is 24.4 Å². The van der Waals surface area contributed by atoms with Crippen molar-refractivity contribution in [1.82, 2.24) is 4.90 Å². The lowest BCUT2D eigenvalue weighted by atomic mass is 9.69. The normalized spacial score (nSPS) is 39.9. The lowest BCUT2D eigenvalue weighted by Crippen LogP contribution is -2.59. The van der Waals surface area contributed by atoms with Gasteiger partial charge in [0.25, 0.3) is 0 Å². The molecule has 10 heteroatoms. The number of Topliss-reactive ketones (excluding diaryl/α,β-unsaturated/α-hetero) is 2. The van der Waals surface area contributed by atoms with Gasteiger partial charge in [-0.1, -0.05) is 64.3 Å². The minimum absolute atomic E-state index is 0.0332. The minimum atomic E-state index is -1.31. The Kier molecular flexibility index (Phi) is 13.5. The van der Waals surface area contributed by atoms with Crippen molar-refractivity contribution in [1.29, 1.82) is 0 Å². The maximum absolute atomic E-state index is 14.4. The van der Waals surface area contributed by atoms with Crippen LogP contribution in [0.4, 0.5) is 0 Å². The first-order valence-electron chi connectivity index (χ1n) is 18.4. The van der Waals surface area contributed by atoms with E-state index in [1.165, 1.54) is 0 Å². The van der Waals surface area contributed by atoms with Gasteiger partial charge in [-0.2, -0.15) is 0 Å². The third kappa shape index (κ3) is 8.84. The summed E-state index contributed by atoms with van der Waals surface area (Å²) < 4.78 is 31.9. The number of hydrogen-bond donors (Lipinski definition) is 1. The number of ketones is 2. The van der Waals surface area contributed by atoms with Gasteiger partial charge in [0.1, 0.15) is 36.1 Å². The van der Waals surface area contributed by atoms with E-state index in [0.29, 0.717) is 12.8 Å². The molecule has 0 bridgehead atoms. The summed E-state index contributed by atoms with van der Waals surface area (Å²) in [6, 6.07) is 9.23. The first-order valence-corrected chi connectivity index (χ1v) is 18.4. The number of cyclic esters (lactones) is 1. The predicted molar refractivity (Wildman–Crippen MR) is 193 cm³/mol. The molecule has 1 aromatic rings. The molecule has 0 amide bonds.